The molecule has 2 N–H and O–H groups in total. The van der Waals surface area contributed by atoms with Crippen molar-refractivity contribution in [1.82, 2.24) is 9.62 Å². The van der Waals surface area contributed by atoms with Gasteiger partial charge in [0.15, 0.2) is 0 Å². The quantitative estimate of drug-likeness (QED) is 0.724. The van der Waals surface area contributed by atoms with Gasteiger partial charge in [-0.05, 0) is 42.7 Å². The van der Waals surface area contributed by atoms with Crippen molar-refractivity contribution in [3.8, 4) is 0 Å². The van der Waals surface area contributed by atoms with E-state index < -0.39 is 22.0 Å². The van der Waals surface area contributed by atoms with Gasteiger partial charge in [-0.25, -0.2) is 12.7 Å². The van der Waals surface area contributed by atoms with Crippen LogP contribution in [0.4, 0.5) is 5.69 Å². The van der Waals surface area contributed by atoms with Gasteiger partial charge in [0.25, 0.3) is 5.91 Å². The summed E-state index contributed by atoms with van der Waals surface area (Å²) in [5.41, 5.74) is 1.66. The third-order valence-electron chi connectivity index (χ3n) is 4.51. The Kier molecular flexibility index (Phi) is 7.16. The Morgan fingerprint density at radius 2 is 1.66 bits per heavy atom. The fraction of sp³-hybridized carbons (Fsp3) is 0.333. The molecule has 0 aliphatic carbocycles. The Bertz CT molecular complexity index is 1000. The van der Waals surface area contributed by atoms with E-state index in [0.717, 1.165) is 9.87 Å². The highest BCUT2D eigenvalue weighted by molar-refractivity contribution is 7.89. The normalized spacial score (nSPS) is 12.7. The molecule has 1 atom stereocenters. The molecule has 29 heavy (non-hydrogen) atoms. The zero-order valence-electron chi connectivity index (χ0n) is 17.3. The largest absolute Gasteiger partial charge is 0.340 e. The Morgan fingerprint density at radius 1 is 1.00 bits per heavy atom. The van der Waals surface area contributed by atoms with E-state index in [-0.39, 0.29) is 16.7 Å². The van der Waals surface area contributed by atoms with Crippen molar-refractivity contribution in [2.24, 2.45) is 5.92 Å². The van der Waals surface area contributed by atoms with Crippen LogP contribution in [0.1, 0.15) is 29.8 Å². The first kappa shape index (κ1) is 22.6. The van der Waals surface area contributed by atoms with Gasteiger partial charge in [-0.1, -0.05) is 38.1 Å². The van der Waals surface area contributed by atoms with E-state index >= 15 is 0 Å². The van der Waals surface area contributed by atoms with Gasteiger partial charge >= 0.3 is 0 Å². The molecule has 0 heterocycles. The standard InChI is InChI=1S/C21H27N3O4S/c1-14(2)19(23-20(25)18-12-7-6-9-15(18)3)21(26)22-16-10-8-11-17(13-16)29(27,28)24(4)5/h6-14,19H,1-5H3,(H,22,26)(H,23,25)/t19-/m0/s1. The van der Waals surface area contributed by atoms with Gasteiger partial charge in [-0.3, -0.25) is 9.59 Å². The van der Waals surface area contributed by atoms with Crippen LogP contribution >= 0.6 is 0 Å². The minimum atomic E-state index is -3.62. The predicted octanol–water partition coefficient (Wildman–Crippen LogP) is 2.64. The molecule has 2 amide bonds. The van der Waals surface area contributed by atoms with Gasteiger partial charge in [0, 0.05) is 25.3 Å². The second kappa shape index (κ2) is 9.19. The molecule has 0 saturated carbocycles. The first-order chi connectivity index (χ1) is 13.5. The number of aryl methyl sites for hydroxylation is 1. The second-order valence-electron chi connectivity index (χ2n) is 7.31. The molecule has 0 spiro atoms. The zero-order chi connectivity index (χ0) is 21.8. The fourth-order valence-electron chi connectivity index (χ4n) is 2.75. The highest BCUT2D eigenvalue weighted by Crippen LogP contribution is 2.19. The molecule has 0 radical (unpaired) electrons. The lowest BCUT2D eigenvalue weighted by molar-refractivity contribution is -0.118. The molecule has 8 heteroatoms. The number of anilines is 1. The van der Waals surface area contributed by atoms with Crippen LogP contribution in [-0.2, 0) is 14.8 Å². The summed E-state index contributed by atoms with van der Waals surface area (Å²) >= 11 is 0. The van der Waals surface area contributed by atoms with Crippen LogP contribution in [0.15, 0.2) is 53.4 Å². The number of nitrogens with one attached hydrogen (secondary N) is 2. The van der Waals surface area contributed by atoms with E-state index in [2.05, 4.69) is 10.6 Å². The van der Waals surface area contributed by atoms with Crippen LogP contribution < -0.4 is 10.6 Å². The number of amides is 2. The SMILES string of the molecule is Cc1ccccc1C(=O)N[C@H](C(=O)Nc1cccc(S(=O)(=O)N(C)C)c1)C(C)C. The van der Waals surface area contributed by atoms with Crippen LogP contribution in [0.2, 0.25) is 0 Å². The molecular formula is C21H27N3O4S. The summed E-state index contributed by atoms with van der Waals surface area (Å²) in [7, 11) is -0.737. The maximum atomic E-state index is 12.8. The molecule has 0 aromatic heterocycles. The molecule has 0 aliphatic rings. The Hall–Kier alpha value is -2.71. The number of hydrogen-bond donors (Lipinski definition) is 2. The van der Waals surface area contributed by atoms with Gasteiger partial charge in [0.1, 0.15) is 6.04 Å². The number of nitrogens with zero attached hydrogens (tertiary/aromatic N) is 1. The number of sulfonamides is 1. The Labute approximate surface area is 172 Å². The highest BCUT2D eigenvalue weighted by Gasteiger charge is 2.26. The van der Waals surface area contributed by atoms with E-state index in [1.54, 1.807) is 24.3 Å². The summed E-state index contributed by atoms with van der Waals surface area (Å²) in [6, 6.07) is 12.4. The van der Waals surface area contributed by atoms with E-state index in [4.69, 9.17) is 0 Å². The second-order valence-corrected chi connectivity index (χ2v) is 9.47. The predicted molar refractivity (Wildman–Crippen MR) is 113 cm³/mol. The smallest absolute Gasteiger partial charge is 0.252 e. The average Bonchev–Trinajstić information content (AvgIpc) is 2.66. The molecular weight excluding hydrogens is 390 g/mol. The summed E-state index contributed by atoms with van der Waals surface area (Å²) in [5.74, 6) is -0.918. The van der Waals surface area contributed by atoms with Gasteiger partial charge in [0.2, 0.25) is 15.9 Å². The van der Waals surface area contributed by atoms with Gasteiger partial charge < -0.3 is 10.6 Å². The monoisotopic (exact) mass is 417 g/mol. The van der Waals surface area contributed by atoms with Gasteiger partial charge in [-0.2, -0.15) is 0 Å². The minimum absolute atomic E-state index is 0.0744. The maximum absolute atomic E-state index is 12.8. The maximum Gasteiger partial charge on any atom is 0.252 e. The van der Waals surface area contributed by atoms with Crippen LogP contribution in [0, 0.1) is 12.8 Å². The number of benzene rings is 2. The summed E-state index contributed by atoms with van der Waals surface area (Å²) in [5, 5.41) is 5.49. The molecule has 0 fully saturated rings. The Morgan fingerprint density at radius 3 is 2.24 bits per heavy atom. The third kappa shape index (κ3) is 5.42. The van der Waals surface area contributed by atoms with E-state index in [1.165, 1.54) is 26.2 Å². The molecule has 2 rings (SSSR count). The van der Waals surface area contributed by atoms with Gasteiger partial charge in [-0.15, -0.1) is 0 Å². The molecule has 2 aromatic rings. The number of carbonyl (C=O) groups is 2. The van der Waals surface area contributed by atoms with Crippen molar-refractivity contribution in [3.63, 3.8) is 0 Å². The van der Waals surface area contributed by atoms with Crippen molar-refractivity contribution < 1.29 is 18.0 Å². The minimum Gasteiger partial charge on any atom is -0.340 e. The van der Waals surface area contributed by atoms with Crippen LogP contribution in [0.5, 0.6) is 0 Å². The first-order valence-electron chi connectivity index (χ1n) is 9.24. The topological polar surface area (TPSA) is 95.6 Å². The molecule has 0 bridgehead atoms. The average molecular weight is 418 g/mol. The van der Waals surface area contributed by atoms with Crippen LogP contribution in [0.25, 0.3) is 0 Å². The van der Waals surface area contributed by atoms with E-state index in [1.807, 2.05) is 32.9 Å². The van der Waals surface area contributed by atoms with Crippen LogP contribution in [-0.4, -0.2) is 44.7 Å². The number of rotatable bonds is 7. The van der Waals surface area contributed by atoms with Crippen molar-refractivity contribution in [2.45, 2.75) is 31.7 Å². The molecule has 2 aromatic carbocycles. The summed E-state index contributed by atoms with van der Waals surface area (Å²) < 4.78 is 25.7. The fourth-order valence-corrected chi connectivity index (χ4v) is 3.69. The van der Waals surface area contributed by atoms with Crippen molar-refractivity contribution in [2.75, 3.05) is 19.4 Å². The molecule has 0 aliphatic heterocycles. The zero-order valence-corrected chi connectivity index (χ0v) is 18.1. The third-order valence-corrected chi connectivity index (χ3v) is 6.32. The van der Waals surface area contributed by atoms with E-state index in [9.17, 15) is 18.0 Å². The summed E-state index contributed by atoms with van der Waals surface area (Å²) in [4.78, 5) is 25.5. The van der Waals surface area contributed by atoms with Crippen molar-refractivity contribution in [3.05, 3.63) is 59.7 Å². The van der Waals surface area contributed by atoms with Gasteiger partial charge in [0.05, 0.1) is 4.90 Å². The molecule has 0 saturated heterocycles. The summed E-state index contributed by atoms with van der Waals surface area (Å²) in [6.45, 7) is 5.49. The molecule has 0 unspecified atom stereocenters. The van der Waals surface area contributed by atoms with Crippen LogP contribution in [0.3, 0.4) is 0 Å². The number of carbonyl (C=O) groups excluding carboxylic acids is 2. The summed E-state index contributed by atoms with van der Waals surface area (Å²) in [6.07, 6.45) is 0. The lowest BCUT2D eigenvalue weighted by Gasteiger charge is -2.22. The lowest BCUT2D eigenvalue weighted by Crippen LogP contribution is -2.47. The van der Waals surface area contributed by atoms with E-state index in [0.29, 0.717) is 11.3 Å². The Balaban J connectivity index is 2.21. The lowest BCUT2D eigenvalue weighted by atomic mass is 10.0. The van der Waals surface area contributed by atoms with Crippen molar-refractivity contribution >= 4 is 27.5 Å². The highest BCUT2D eigenvalue weighted by atomic mass is 32.2. The van der Waals surface area contributed by atoms with Crippen molar-refractivity contribution in [1.29, 1.82) is 0 Å². The molecule has 156 valence electrons. The molecule has 7 nitrogen and oxygen atoms in total. The first-order valence-corrected chi connectivity index (χ1v) is 10.7. The number of hydrogen-bond acceptors (Lipinski definition) is 4.